The number of hydrogen-bond donors (Lipinski definition) is 0. The number of allylic oxidation sites excluding steroid dienone is 4. The molecule has 0 saturated carbocycles. The summed E-state index contributed by atoms with van der Waals surface area (Å²) in [7, 11) is 0. The Kier molecular flexibility index (Phi) is 12.6. The van der Waals surface area contributed by atoms with Crippen LogP contribution in [0.1, 0.15) is 20.8 Å². The summed E-state index contributed by atoms with van der Waals surface area (Å²) in [4.78, 5) is 0. The molecule has 9 heavy (non-hydrogen) atoms. The Labute approximate surface area is 58.6 Å². The monoisotopic (exact) mass is 124 g/mol. The first kappa shape index (κ1) is 11.1. The second-order valence-electron chi connectivity index (χ2n) is 1.44. The second kappa shape index (κ2) is 10.3. The fraction of sp³-hybridized carbons (Fsp3) is 0.333. The fourth-order valence-corrected chi connectivity index (χ4v) is 0.232. The predicted molar refractivity (Wildman–Crippen MR) is 45.5 cm³/mol. The summed E-state index contributed by atoms with van der Waals surface area (Å²) in [6.07, 6.45) is 5.50. The van der Waals surface area contributed by atoms with E-state index in [0.717, 1.165) is 5.57 Å². The average molecular weight is 124 g/mol. The molecule has 0 radical (unpaired) electrons. The molecule has 0 heterocycles. The normalized spacial score (nSPS) is 7.89. The summed E-state index contributed by atoms with van der Waals surface area (Å²) < 4.78 is 0. The van der Waals surface area contributed by atoms with Crippen LogP contribution in [0.15, 0.2) is 37.0 Å². The maximum Gasteiger partial charge on any atom is -0.0404 e. The third kappa shape index (κ3) is 19.0. The minimum atomic E-state index is 1.06. The van der Waals surface area contributed by atoms with Crippen molar-refractivity contribution in [2.24, 2.45) is 0 Å². The molecule has 0 unspecified atom stereocenters. The molecular weight excluding hydrogens is 108 g/mol. The van der Waals surface area contributed by atoms with E-state index in [9.17, 15) is 0 Å². The third-order valence-electron chi connectivity index (χ3n) is 0.517. The third-order valence-corrected chi connectivity index (χ3v) is 0.517. The van der Waals surface area contributed by atoms with Gasteiger partial charge in [-0.3, -0.25) is 0 Å². The zero-order valence-corrected chi connectivity index (χ0v) is 6.65. The van der Waals surface area contributed by atoms with Gasteiger partial charge in [0.15, 0.2) is 0 Å². The van der Waals surface area contributed by atoms with Crippen LogP contribution in [0, 0.1) is 0 Å². The zero-order chi connectivity index (χ0) is 7.70. The van der Waals surface area contributed by atoms with Gasteiger partial charge < -0.3 is 0 Å². The molecule has 0 rings (SSSR count). The van der Waals surface area contributed by atoms with E-state index in [1.807, 2.05) is 32.9 Å². The lowest BCUT2D eigenvalue weighted by Gasteiger charge is -1.77. The summed E-state index contributed by atoms with van der Waals surface area (Å²) in [5.74, 6) is 0. The van der Waals surface area contributed by atoms with Gasteiger partial charge in [0, 0.05) is 0 Å². The van der Waals surface area contributed by atoms with Gasteiger partial charge in [0.1, 0.15) is 0 Å². The van der Waals surface area contributed by atoms with Crippen LogP contribution in [0.5, 0.6) is 0 Å². The molecule has 0 N–H and O–H groups in total. The highest BCUT2D eigenvalue weighted by Gasteiger charge is 1.65. The molecule has 0 saturated heterocycles. The minimum absolute atomic E-state index is 1.06. The molecule has 0 aliphatic rings. The van der Waals surface area contributed by atoms with E-state index >= 15 is 0 Å². The molecule has 0 spiro atoms. The minimum Gasteiger partial charge on any atom is -0.0991 e. The Morgan fingerprint density at radius 3 is 1.89 bits per heavy atom. The van der Waals surface area contributed by atoms with E-state index in [0.29, 0.717) is 0 Å². The summed E-state index contributed by atoms with van der Waals surface area (Å²) >= 11 is 0. The molecule has 0 atom stereocenters. The molecule has 0 aliphatic carbocycles. The fourth-order valence-electron chi connectivity index (χ4n) is 0.232. The van der Waals surface area contributed by atoms with E-state index in [2.05, 4.69) is 13.2 Å². The van der Waals surface area contributed by atoms with Crippen LogP contribution in [-0.4, -0.2) is 0 Å². The SMILES string of the molecule is C=C/C=C\C(=C)C.CC. The van der Waals surface area contributed by atoms with Gasteiger partial charge in [0.25, 0.3) is 0 Å². The summed E-state index contributed by atoms with van der Waals surface area (Å²) in [5, 5.41) is 0. The van der Waals surface area contributed by atoms with Gasteiger partial charge in [-0.25, -0.2) is 0 Å². The molecule has 0 bridgehead atoms. The zero-order valence-electron chi connectivity index (χ0n) is 6.65. The standard InChI is InChI=1S/C7H10.C2H6/c1-4-5-6-7(2)3;1-2/h4-6H,1-2H2,3H3;1-2H3/b6-5-;. The lowest BCUT2D eigenvalue weighted by molar-refractivity contribution is 1.50. The van der Waals surface area contributed by atoms with Gasteiger partial charge in [-0.2, -0.15) is 0 Å². The van der Waals surface area contributed by atoms with Crippen LogP contribution in [0.3, 0.4) is 0 Å². The van der Waals surface area contributed by atoms with Crippen molar-refractivity contribution >= 4 is 0 Å². The van der Waals surface area contributed by atoms with Crippen LogP contribution < -0.4 is 0 Å². The van der Waals surface area contributed by atoms with Gasteiger partial charge in [-0.15, -0.1) is 0 Å². The summed E-state index contributed by atoms with van der Waals surface area (Å²) in [5.41, 5.74) is 1.06. The summed E-state index contributed by atoms with van der Waals surface area (Å²) in [6.45, 7) is 13.1. The van der Waals surface area contributed by atoms with Crippen molar-refractivity contribution in [1.29, 1.82) is 0 Å². The molecule has 0 aromatic rings. The Morgan fingerprint density at radius 1 is 1.33 bits per heavy atom. The molecule has 0 nitrogen and oxygen atoms in total. The first-order valence-corrected chi connectivity index (χ1v) is 3.22. The average Bonchev–Trinajstić information content (AvgIpc) is 1.88. The molecule has 0 aliphatic heterocycles. The van der Waals surface area contributed by atoms with Crippen molar-refractivity contribution in [2.75, 3.05) is 0 Å². The van der Waals surface area contributed by atoms with Crippen LogP contribution in [-0.2, 0) is 0 Å². The van der Waals surface area contributed by atoms with Crippen LogP contribution in [0.2, 0.25) is 0 Å². The van der Waals surface area contributed by atoms with E-state index in [-0.39, 0.29) is 0 Å². The van der Waals surface area contributed by atoms with Crippen molar-refractivity contribution in [1.82, 2.24) is 0 Å². The molecule has 0 aromatic carbocycles. The van der Waals surface area contributed by atoms with Gasteiger partial charge in [0.2, 0.25) is 0 Å². The highest BCUT2D eigenvalue weighted by molar-refractivity contribution is 5.15. The molecule has 52 valence electrons. The van der Waals surface area contributed by atoms with Crippen molar-refractivity contribution < 1.29 is 0 Å². The van der Waals surface area contributed by atoms with Crippen molar-refractivity contribution in [3.63, 3.8) is 0 Å². The second-order valence-corrected chi connectivity index (χ2v) is 1.44. The van der Waals surface area contributed by atoms with Gasteiger partial charge in [0.05, 0.1) is 0 Å². The molecule has 0 fully saturated rings. The first-order valence-electron chi connectivity index (χ1n) is 3.22. The maximum absolute atomic E-state index is 3.66. The number of hydrogen-bond acceptors (Lipinski definition) is 0. The van der Waals surface area contributed by atoms with Crippen molar-refractivity contribution in [2.45, 2.75) is 20.8 Å². The van der Waals surface area contributed by atoms with Crippen LogP contribution in [0.25, 0.3) is 0 Å². The van der Waals surface area contributed by atoms with E-state index in [1.54, 1.807) is 6.08 Å². The lowest BCUT2D eigenvalue weighted by Crippen LogP contribution is -1.55. The molecular formula is C9H16. The van der Waals surface area contributed by atoms with Gasteiger partial charge in [-0.1, -0.05) is 50.8 Å². The Balaban J connectivity index is 0. The Hall–Kier alpha value is -0.780. The van der Waals surface area contributed by atoms with Crippen LogP contribution in [0.4, 0.5) is 0 Å². The summed E-state index contributed by atoms with van der Waals surface area (Å²) in [6, 6.07) is 0. The van der Waals surface area contributed by atoms with Gasteiger partial charge in [-0.05, 0) is 6.92 Å². The van der Waals surface area contributed by atoms with Crippen LogP contribution >= 0.6 is 0 Å². The van der Waals surface area contributed by atoms with E-state index < -0.39 is 0 Å². The molecule has 0 aromatic heterocycles. The largest absolute Gasteiger partial charge is 0.0991 e. The van der Waals surface area contributed by atoms with E-state index in [4.69, 9.17) is 0 Å². The Morgan fingerprint density at radius 2 is 1.78 bits per heavy atom. The number of rotatable bonds is 2. The Bertz CT molecular complexity index is 96.6. The quantitative estimate of drug-likeness (QED) is 0.495. The van der Waals surface area contributed by atoms with Crippen molar-refractivity contribution in [3.8, 4) is 0 Å². The first-order chi connectivity index (χ1) is 4.27. The van der Waals surface area contributed by atoms with Crippen molar-refractivity contribution in [3.05, 3.63) is 37.0 Å². The topological polar surface area (TPSA) is 0 Å². The van der Waals surface area contributed by atoms with E-state index in [1.165, 1.54) is 0 Å². The highest BCUT2D eigenvalue weighted by Crippen LogP contribution is 1.86. The lowest BCUT2D eigenvalue weighted by atomic mass is 10.3. The molecule has 0 amide bonds. The predicted octanol–water partition coefficient (Wildman–Crippen LogP) is 3.33. The molecule has 0 heteroatoms. The maximum atomic E-state index is 3.66. The van der Waals surface area contributed by atoms with Gasteiger partial charge >= 0.3 is 0 Å². The smallest absolute Gasteiger partial charge is 0.0404 e. The highest BCUT2D eigenvalue weighted by atomic mass is 13.7.